The van der Waals surface area contributed by atoms with E-state index in [2.05, 4.69) is 10.4 Å². The molecule has 2 rings (SSSR count). The third kappa shape index (κ3) is 4.42. The molecule has 0 aromatic carbocycles. The van der Waals surface area contributed by atoms with Crippen LogP contribution in [0.2, 0.25) is 0 Å². The minimum Gasteiger partial charge on any atom is -0.480 e. The second-order valence-corrected chi connectivity index (χ2v) is 6.76. The van der Waals surface area contributed by atoms with Crippen LogP contribution in [0, 0.1) is 5.92 Å². The van der Waals surface area contributed by atoms with E-state index in [1.807, 2.05) is 13.8 Å². The summed E-state index contributed by atoms with van der Waals surface area (Å²) in [6, 6.07) is -1.32. The number of carbonyl (C=O) groups is 3. The molecule has 0 bridgehead atoms. The molecule has 2 N–H and O–H groups in total. The Bertz CT molecular complexity index is 657. The summed E-state index contributed by atoms with van der Waals surface area (Å²) < 4.78 is 1.64. The highest BCUT2D eigenvalue weighted by Gasteiger charge is 2.41. The average molecular weight is 364 g/mol. The van der Waals surface area contributed by atoms with Crippen LogP contribution in [0.15, 0.2) is 12.4 Å². The largest absolute Gasteiger partial charge is 0.480 e. The maximum absolute atomic E-state index is 12.9. The highest BCUT2D eigenvalue weighted by Crippen LogP contribution is 2.36. The molecule has 1 aliphatic heterocycles. The number of aryl methyl sites for hydroxylation is 1. The number of carboxylic acid groups (broad SMARTS) is 1. The molecule has 3 unspecified atom stereocenters. The Kier molecular flexibility index (Phi) is 6.76. The summed E-state index contributed by atoms with van der Waals surface area (Å²) in [6.07, 6.45) is 6.15. The van der Waals surface area contributed by atoms with E-state index in [0.717, 1.165) is 18.4 Å². The fraction of sp³-hybridized carbons (Fsp3) is 0.667. The molecule has 1 saturated heterocycles. The number of unbranched alkanes of at least 4 members (excludes halogenated alkanes) is 1. The van der Waals surface area contributed by atoms with Gasteiger partial charge in [-0.25, -0.2) is 4.79 Å². The van der Waals surface area contributed by atoms with Crippen molar-refractivity contribution >= 4 is 17.8 Å². The Hall–Kier alpha value is -2.38. The van der Waals surface area contributed by atoms with Gasteiger partial charge in [-0.1, -0.05) is 19.8 Å². The third-order valence-electron chi connectivity index (χ3n) is 4.91. The lowest BCUT2D eigenvalue weighted by molar-refractivity contribution is -0.147. The molecule has 26 heavy (non-hydrogen) atoms. The van der Waals surface area contributed by atoms with Gasteiger partial charge in [0.05, 0.1) is 18.2 Å². The molecule has 0 radical (unpaired) electrons. The summed E-state index contributed by atoms with van der Waals surface area (Å²) >= 11 is 0. The molecule has 1 fully saturated rings. The van der Waals surface area contributed by atoms with E-state index in [4.69, 9.17) is 0 Å². The maximum Gasteiger partial charge on any atom is 0.326 e. The van der Waals surface area contributed by atoms with Crippen LogP contribution >= 0.6 is 0 Å². The third-order valence-corrected chi connectivity index (χ3v) is 4.91. The average Bonchev–Trinajstić information content (AvgIpc) is 3.03. The van der Waals surface area contributed by atoms with Crippen molar-refractivity contribution in [1.82, 2.24) is 20.0 Å². The van der Waals surface area contributed by atoms with Gasteiger partial charge in [0, 0.05) is 31.8 Å². The molecule has 0 spiro atoms. The van der Waals surface area contributed by atoms with E-state index in [0.29, 0.717) is 19.4 Å². The number of carbonyl (C=O) groups excluding carboxylic acids is 2. The van der Waals surface area contributed by atoms with E-state index in [-0.39, 0.29) is 18.2 Å². The minimum absolute atomic E-state index is 0.00571. The van der Waals surface area contributed by atoms with Crippen molar-refractivity contribution in [3.63, 3.8) is 0 Å². The molecule has 144 valence electrons. The molecule has 8 nitrogen and oxygen atoms in total. The SMILES string of the molecule is CCCCC(NC(=O)C1CCC(=O)N(CC)C1c1cnn(C)c1)C(=O)O. The van der Waals surface area contributed by atoms with Crippen molar-refractivity contribution in [1.29, 1.82) is 0 Å². The molecule has 2 heterocycles. The number of piperidine rings is 1. The highest BCUT2D eigenvalue weighted by atomic mass is 16.4. The molecule has 1 aromatic heterocycles. The topological polar surface area (TPSA) is 105 Å². The summed E-state index contributed by atoms with van der Waals surface area (Å²) in [5.41, 5.74) is 0.794. The fourth-order valence-corrected chi connectivity index (χ4v) is 3.55. The van der Waals surface area contributed by atoms with Crippen LogP contribution in [0.5, 0.6) is 0 Å². The smallest absolute Gasteiger partial charge is 0.326 e. The van der Waals surface area contributed by atoms with Crippen LogP contribution in [0.1, 0.15) is 57.6 Å². The van der Waals surface area contributed by atoms with E-state index >= 15 is 0 Å². The lowest BCUT2D eigenvalue weighted by Gasteiger charge is -2.40. The van der Waals surface area contributed by atoms with Gasteiger partial charge in [0.1, 0.15) is 6.04 Å². The van der Waals surface area contributed by atoms with E-state index in [1.165, 1.54) is 0 Å². The Labute approximate surface area is 153 Å². The number of carboxylic acids is 1. The van der Waals surface area contributed by atoms with Crippen molar-refractivity contribution in [2.75, 3.05) is 6.54 Å². The van der Waals surface area contributed by atoms with Crippen LogP contribution in [0.25, 0.3) is 0 Å². The highest BCUT2D eigenvalue weighted by molar-refractivity contribution is 5.88. The summed E-state index contributed by atoms with van der Waals surface area (Å²) in [5.74, 6) is -1.82. The number of nitrogens with zero attached hydrogens (tertiary/aromatic N) is 3. The zero-order chi connectivity index (χ0) is 19.3. The molecule has 8 heteroatoms. The van der Waals surface area contributed by atoms with Gasteiger partial charge in [0.15, 0.2) is 0 Å². The Balaban J connectivity index is 2.24. The normalized spacial score (nSPS) is 21.5. The number of aliphatic carboxylic acids is 1. The van der Waals surface area contributed by atoms with E-state index in [9.17, 15) is 19.5 Å². The maximum atomic E-state index is 12.9. The Morgan fingerprint density at radius 2 is 2.15 bits per heavy atom. The van der Waals surface area contributed by atoms with E-state index in [1.54, 1.807) is 29.0 Å². The molecular formula is C18H28N4O4. The predicted octanol–water partition coefficient (Wildman–Crippen LogP) is 1.48. The summed E-state index contributed by atoms with van der Waals surface area (Å²) in [5, 5.41) is 16.2. The van der Waals surface area contributed by atoms with Crippen LogP contribution in [0.4, 0.5) is 0 Å². The number of nitrogens with one attached hydrogen (secondary N) is 1. The Morgan fingerprint density at radius 1 is 1.42 bits per heavy atom. The van der Waals surface area contributed by atoms with Crippen molar-refractivity contribution in [3.8, 4) is 0 Å². The van der Waals surface area contributed by atoms with Crippen LogP contribution in [0.3, 0.4) is 0 Å². The lowest BCUT2D eigenvalue weighted by Crippen LogP contribution is -2.51. The fourth-order valence-electron chi connectivity index (χ4n) is 3.55. The molecule has 2 amide bonds. The summed E-state index contributed by atoms with van der Waals surface area (Å²) in [4.78, 5) is 38.4. The predicted molar refractivity (Wildman–Crippen MR) is 95.2 cm³/mol. The first kappa shape index (κ1) is 19.9. The van der Waals surface area contributed by atoms with Crippen molar-refractivity contribution in [3.05, 3.63) is 18.0 Å². The molecular weight excluding hydrogens is 336 g/mol. The van der Waals surface area contributed by atoms with Gasteiger partial charge < -0.3 is 15.3 Å². The first-order valence-corrected chi connectivity index (χ1v) is 9.20. The summed E-state index contributed by atoms with van der Waals surface area (Å²) in [7, 11) is 1.78. The number of amides is 2. The van der Waals surface area contributed by atoms with Gasteiger partial charge in [0.2, 0.25) is 11.8 Å². The van der Waals surface area contributed by atoms with Gasteiger partial charge in [-0.05, 0) is 19.8 Å². The first-order valence-electron chi connectivity index (χ1n) is 9.20. The minimum atomic E-state index is -1.02. The van der Waals surface area contributed by atoms with E-state index < -0.39 is 24.0 Å². The summed E-state index contributed by atoms with van der Waals surface area (Å²) in [6.45, 7) is 4.34. The second kappa shape index (κ2) is 8.82. The number of hydrogen-bond acceptors (Lipinski definition) is 4. The monoisotopic (exact) mass is 364 g/mol. The van der Waals surface area contributed by atoms with Gasteiger partial charge in [-0.3, -0.25) is 14.3 Å². The number of rotatable bonds is 8. The van der Waals surface area contributed by atoms with Crippen LogP contribution < -0.4 is 5.32 Å². The van der Waals surface area contributed by atoms with Gasteiger partial charge in [-0.2, -0.15) is 5.10 Å². The molecule has 0 saturated carbocycles. The second-order valence-electron chi connectivity index (χ2n) is 6.76. The van der Waals surface area contributed by atoms with Crippen molar-refractivity contribution in [2.24, 2.45) is 13.0 Å². The first-order chi connectivity index (χ1) is 12.4. The quantitative estimate of drug-likeness (QED) is 0.727. The zero-order valence-electron chi connectivity index (χ0n) is 15.6. The van der Waals surface area contributed by atoms with Crippen LogP contribution in [-0.2, 0) is 21.4 Å². The molecule has 1 aliphatic rings. The molecule has 3 atom stereocenters. The Morgan fingerprint density at radius 3 is 2.69 bits per heavy atom. The van der Waals surface area contributed by atoms with Crippen LogP contribution in [-0.4, -0.2) is 50.2 Å². The molecule has 1 aromatic rings. The van der Waals surface area contributed by atoms with Crippen molar-refractivity contribution < 1.29 is 19.5 Å². The number of hydrogen-bond donors (Lipinski definition) is 2. The van der Waals surface area contributed by atoms with Gasteiger partial charge in [0.25, 0.3) is 0 Å². The van der Waals surface area contributed by atoms with Crippen molar-refractivity contribution in [2.45, 2.75) is 58.0 Å². The standard InChI is InChI=1S/C18H28N4O4/c1-4-6-7-14(18(25)26)20-17(24)13-8-9-15(23)22(5-2)16(13)12-10-19-21(3)11-12/h10-11,13-14,16H,4-9H2,1-3H3,(H,20,24)(H,25,26). The number of aromatic nitrogens is 2. The van der Waals surface area contributed by atoms with Gasteiger partial charge in [-0.15, -0.1) is 0 Å². The van der Waals surface area contributed by atoms with Gasteiger partial charge >= 0.3 is 5.97 Å². The zero-order valence-corrected chi connectivity index (χ0v) is 15.6. The molecule has 0 aliphatic carbocycles. The lowest BCUT2D eigenvalue weighted by atomic mass is 9.84. The number of likely N-dealkylation sites (tertiary alicyclic amines) is 1.